The van der Waals surface area contributed by atoms with E-state index in [4.69, 9.17) is 0 Å². The van der Waals surface area contributed by atoms with Crippen LogP contribution in [-0.2, 0) is 12.5 Å². The predicted molar refractivity (Wildman–Crippen MR) is 110 cm³/mol. The van der Waals surface area contributed by atoms with Gasteiger partial charge in [0.25, 0.3) is 0 Å². The van der Waals surface area contributed by atoms with Crippen molar-refractivity contribution in [2.45, 2.75) is 32.6 Å². The van der Waals surface area contributed by atoms with Crippen LogP contribution in [-0.4, -0.2) is 6.54 Å². The van der Waals surface area contributed by atoms with Crippen LogP contribution in [0.1, 0.15) is 38.4 Å². The van der Waals surface area contributed by atoms with Crippen molar-refractivity contribution >= 4 is 22.7 Å². The molecule has 2 heterocycles. The van der Waals surface area contributed by atoms with Gasteiger partial charge in [-0.25, -0.2) is 0 Å². The number of rotatable bonds is 3. The van der Waals surface area contributed by atoms with E-state index in [1.54, 1.807) is 0 Å². The topological polar surface area (TPSA) is 7.12 Å². The number of aromatic nitrogens is 1. The normalized spacial score (nSPS) is 17.1. The zero-order valence-corrected chi connectivity index (χ0v) is 16.2. The van der Waals surface area contributed by atoms with Crippen molar-refractivity contribution in [2.24, 2.45) is 7.05 Å². The Hall–Kier alpha value is -2.61. The summed E-state index contributed by atoms with van der Waals surface area (Å²) in [5.74, 6) is 0. The molecule has 0 aliphatic carbocycles. The second-order valence-electron chi connectivity index (χ2n) is 7.70. The first-order valence-corrected chi connectivity index (χ1v) is 9.51. The predicted octanol–water partition coefficient (Wildman–Crippen LogP) is 5.21. The molecule has 0 fully saturated rings. The molecule has 0 unspecified atom stereocenters. The fraction of sp³-hybridized carbons (Fsp3) is 0.292. The minimum atomic E-state index is 0.00437. The van der Waals surface area contributed by atoms with E-state index in [0.29, 0.717) is 0 Å². The second-order valence-corrected chi connectivity index (χ2v) is 7.70. The molecular formula is C24H27N2+. The summed E-state index contributed by atoms with van der Waals surface area (Å²) in [6, 6.07) is 21.9. The molecule has 0 radical (unpaired) electrons. The molecule has 1 aliphatic heterocycles. The van der Waals surface area contributed by atoms with Gasteiger partial charge in [-0.2, -0.15) is 4.57 Å². The van der Waals surface area contributed by atoms with Crippen molar-refractivity contribution in [3.63, 3.8) is 0 Å². The first-order chi connectivity index (χ1) is 12.5. The quantitative estimate of drug-likeness (QED) is 0.592. The van der Waals surface area contributed by atoms with Crippen molar-refractivity contribution in [3.8, 4) is 0 Å². The van der Waals surface area contributed by atoms with Gasteiger partial charge in [-0.15, -0.1) is 0 Å². The SMILES string of the molecule is CCCN1/C(=C/c2ccc3ccccc3[n+]2C)C(C)(C)c2ccccc21. The summed E-state index contributed by atoms with van der Waals surface area (Å²) in [6.45, 7) is 7.98. The maximum atomic E-state index is 2.50. The lowest BCUT2D eigenvalue weighted by atomic mass is 9.83. The largest absolute Gasteiger partial charge is 0.344 e. The molecule has 0 saturated carbocycles. The van der Waals surface area contributed by atoms with Gasteiger partial charge in [-0.1, -0.05) is 51.1 Å². The van der Waals surface area contributed by atoms with E-state index < -0.39 is 0 Å². The molecule has 4 rings (SSSR count). The monoisotopic (exact) mass is 343 g/mol. The van der Waals surface area contributed by atoms with Crippen LogP contribution in [0.3, 0.4) is 0 Å². The Bertz CT molecular complexity index is 998. The highest BCUT2D eigenvalue weighted by Crippen LogP contribution is 2.48. The van der Waals surface area contributed by atoms with E-state index in [2.05, 4.69) is 104 Å². The molecule has 1 aromatic heterocycles. The summed E-state index contributed by atoms with van der Waals surface area (Å²) in [5, 5.41) is 1.27. The Balaban J connectivity index is 1.90. The number of benzene rings is 2. The highest BCUT2D eigenvalue weighted by molar-refractivity contribution is 5.78. The fourth-order valence-corrected chi connectivity index (χ4v) is 4.21. The van der Waals surface area contributed by atoms with Crippen molar-refractivity contribution < 1.29 is 4.57 Å². The zero-order chi connectivity index (χ0) is 18.3. The van der Waals surface area contributed by atoms with Gasteiger partial charge in [0.15, 0.2) is 0 Å². The number of anilines is 1. The summed E-state index contributed by atoms with van der Waals surface area (Å²) in [4.78, 5) is 2.50. The second kappa shape index (κ2) is 6.28. The maximum Gasteiger partial charge on any atom is 0.212 e. The number of nitrogens with zero attached hydrogens (tertiary/aromatic N) is 2. The maximum absolute atomic E-state index is 2.50. The Morgan fingerprint density at radius 1 is 0.962 bits per heavy atom. The van der Waals surface area contributed by atoms with Crippen molar-refractivity contribution in [1.29, 1.82) is 0 Å². The van der Waals surface area contributed by atoms with Gasteiger partial charge in [0.1, 0.15) is 7.05 Å². The van der Waals surface area contributed by atoms with Gasteiger partial charge in [-0.05, 0) is 30.2 Å². The first kappa shape index (κ1) is 16.8. The van der Waals surface area contributed by atoms with Gasteiger partial charge >= 0.3 is 0 Å². The van der Waals surface area contributed by atoms with Gasteiger partial charge < -0.3 is 4.90 Å². The molecule has 0 atom stereocenters. The first-order valence-electron chi connectivity index (χ1n) is 9.51. The molecule has 132 valence electrons. The third-order valence-corrected chi connectivity index (χ3v) is 5.65. The molecule has 0 N–H and O–H groups in total. The minimum absolute atomic E-state index is 0.00437. The summed E-state index contributed by atoms with van der Waals surface area (Å²) in [7, 11) is 2.16. The lowest BCUT2D eigenvalue weighted by Crippen LogP contribution is -2.34. The molecule has 0 bridgehead atoms. The lowest BCUT2D eigenvalue weighted by molar-refractivity contribution is -0.646. The highest BCUT2D eigenvalue weighted by atomic mass is 15.2. The number of fused-ring (bicyclic) bond motifs is 2. The van der Waals surface area contributed by atoms with Crippen molar-refractivity contribution in [3.05, 3.63) is 77.6 Å². The Kier molecular flexibility index (Phi) is 4.07. The van der Waals surface area contributed by atoms with E-state index in [1.165, 1.54) is 33.5 Å². The van der Waals surface area contributed by atoms with Crippen LogP contribution in [0.15, 0.2) is 66.4 Å². The van der Waals surface area contributed by atoms with E-state index in [9.17, 15) is 0 Å². The van der Waals surface area contributed by atoms with Crippen LogP contribution in [0.2, 0.25) is 0 Å². The van der Waals surface area contributed by atoms with Crippen LogP contribution in [0.25, 0.3) is 17.0 Å². The van der Waals surface area contributed by atoms with Gasteiger partial charge in [0.2, 0.25) is 11.2 Å². The molecule has 2 nitrogen and oxygen atoms in total. The van der Waals surface area contributed by atoms with Crippen molar-refractivity contribution in [1.82, 2.24) is 0 Å². The Morgan fingerprint density at radius 3 is 2.50 bits per heavy atom. The summed E-state index contributed by atoms with van der Waals surface area (Å²) < 4.78 is 2.30. The zero-order valence-electron chi connectivity index (χ0n) is 16.2. The molecule has 3 aromatic rings. The molecule has 0 saturated heterocycles. The summed E-state index contributed by atoms with van der Waals surface area (Å²) in [6.07, 6.45) is 3.51. The molecular weight excluding hydrogens is 316 g/mol. The number of aryl methyl sites for hydroxylation is 1. The van der Waals surface area contributed by atoms with E-state index >= 15 is 0 Å². The van der Waals surface area contributed by atoms with Crippen LogP contribution >= 0.6 is 0 Å². The van der Waals surface area contributed by atoms with E-state index in [-0.39, 0.29) is 5.41 Å². The third-order valence-electron chi connectivity index (χ3n) is 5.65. The van der Waals surface area contributed by atoms with E-state index in [0.717, 1.165) is 13.0 Å². The number of hydrogen-bond acceptors (Lipinski definition) is 1. The van der Waals surface area contributed by atoms with Gasteiger partial charge in [0, 0.05) is 46.9 Å². The minimum Gasteiger partial charge on any atom is -0.344 e. The fourth-order valence-electron chi connectivity index (χ4n) is 4.21. The molecule has 1 aliphatic rings. The van der Waals surface area contributed by atoms with Gasteiger partial charge in [0.05, 0.1) is 0 Å². The number of pyridine rings is 1. The van der Waals surface area contributed by atoms with Crippen LogP contribution in [0.4, 0.5) is 5.69 Å². The lowest BCUT2D eigenvalue weighted by Gasteiger charge is -2.26. The number of allylic oxidation sites excluding steroid dienone is 1. The Labute approximate surface area is 156 Å². The average molecular weight is 343 g/mol. The summed E-state index contributed by atoms with van der Waals surface area (Å²) >= 11 is 0. The third kappa shape index (κ3) is 2.52. The molecule has 0 amide bonds. The highest BCUT2D eigenvalue weighted by Gasteiger charge is 2.40. The summed E-state index contributed by atoms with van der Waals surface area (Å²) in [5.41, 5.74) is 6.66. The number of hydrogen-bond donors (Lipinski definition) is 0. The smallest absolute Gasteiger partial charge is 0.212 e. The van der Waals surface area contributed by atoms with Gasteiger partial charge in [-0.3, -0.25) is 0 Å². The average Bonchev–Trinajstić information content (AvgIpc) is 2.86. The van der Waals surface area contributed by atoms with Crippen LogP contribution in [0, 0.1) is 0 Å². The molecule has 0 spiro atoms. The van der Waals surface area contributed by atoms with Crippen molar-refractivity contribution in [2.75, 3.05) is 11.4 Å². The van der Waals surface area contributed by atoms with Crippen LogP contribution in [0.5, 0.6) is 0 Å². The number of para-hydroxylation sites is 2. The molecule has 2 aromatic carbocycles. The standard InChI is InChI=1S/C24H27N2/c1-5-16-26-22-13-9-7-11-20(22)24(2,3)23(26)17-19-15-14-18-10-6-8-12-21(18)25(19)4/h6-15,17H,5,16H2,1-4H3/q+1. The molecule has 26 heavy (non-hydrogen) atoms. The van der Waals surface area contributed by atoms with Crippen LogP contribution < -0.4 is 9.47 Å². The Morgan fingerprint density at radius 2 is 1.69 bits per heavy atom. The molecule has 2 heteroatoms. The van der Waals surface area contributed by atoms with E-state index in [1.807, 2.05) is 0 Å².